The first-order valence-corrected chi connectivity index (χ1v) is 6.22. The molecule has 2 heterocycles. The standard InChI is InChI=1S/C12H17F2N3O2/c1-2-15-11-9(13)5-10(14)12(16-11)17-3-4-19-7-8(17)6-18/h5,8,18H,2-4,6-7H2,1H3,(H,15,16). The van der Waals surface area contributed by atoms with Crippen LogP contribution < -0.4 is 10.2 Å². The number of rotatable bonds is 4. The van der Waals surface area contributed by atoms with Gasteiger partial charge in [-0.15, -0.1) is 0 Å². The molecular formula is C12H17F2N3O2. The van der Waals surface area contributed by atoms with E-state index in [1.807, 2.05) is 0 Å². The predicted octanol–water partition coefficient (Wildman–Crippen LogP) is 0.989. The van der Waals surface area contributed by atoms with Gasteiger partial charge in [0.05, 0.1) is 25.9 Å². The third kappa shape index (κ3) is 2.93. The number of aromatic nitrogens is 1. The van der Waals surface area contributed by atoms with E-state index >= 15 is 0 Å². The highest BCUT2D eigenvalue weighted by Gasteiger charge is 2.27. The number of aliphatic hydroxyl groups is 1. The number of aliphatic hydroxyl groups excluding tert-OH is 1. The summed E-state index contributed by atoms with van der Waals surface area (Å²) in [6.45, 7) is 3.25. The van der Waals surface area contributed by atoms with E-state index in [0.29, 0.717) is 26.3 Å². The first-order valence-electron chi connectivity index (χ1n) is 6.22. The number of ether oxygens (including phenoxy) is 1. The van der Waals surface area contributed by atoms with Crippen LogP contribution in [-0.2, 0) is 4.74 Å². The zero-order chi connectivity index (χ0) is 13.8. The lowest BCUT2D eigenvalue weighted by Gasteiger charge is -2.35. The molecule has 2 N–H and O–H groups in total. The lowest BCUT2D eigenvalue weighted by molar-refractivity contribution is 0.0719. The second kappa shape index (κ2) is 6.12. The first-order chi connectivity index (χ1) is 9.17. The smallest absolute Gasteiger partial charge is 0.168 e. The highest BCUT2D eigenvalue weighted by atomic mass is 19.1. The number of morpholine rings is 1. The maximum absolute atomic E-state index is 13.9. The van der Waals surface area contributed by atoms with Crippen molar-refractivity contribution in [3.05, 3.63) is 17.7 Å². The molecule has 0 aromatic carbocycles. The lowest BCUT2D eigenvalue weighted by Crippen LogP contribution is -2.48. The van der Waals surface area contributed by atoms with Crippen LogP contribution in [0, 0.1) is 11.6 Å². The molecule has 1 aromatic rings. The van der Waals surface area contributed by atoms with Gasteiger partial charge in [0.25, 0.3) is 0 Å². The van der Waals surface area contributed by atoms with Crippen LogP contribution in [0.3, 0.4) is 0 Å². The molecule has 1 unspecified atom stereocenters. The third-order valence-electron chi connectivity index (χ3n) is 2.97. The topological polar surface area (TPSA) is 57.6 Å². The molecule has 2 rings (SSSR count). The van der Waals surface area contributed by atoms with Gasteiger partial charge in [0.2, 0.25) is 0 Å². The summed E-state index contributed by atoms with van der Waals surface area (Å²) in [5, 5.41) is 12.0. The lowest BCUT2D eigenvalue weighted by atomic mass is 10.2. The zero-order valence-electron chi connectivity index (χ0n) is 10.7. The molecule has 19 heavy (non-hydrogen) atoms. The number of pyridine rings is 1. The Morgan fingerprint density at radius 3 is 3.00 bits per heavy atom. The van der Waals surface area contributed by atoms with Crippen molar-refractivity contribution in [2.45, 2.75) is 13.0 Å². The Labute approximate surface area is 110 Å². The Hall–Kier alpha value is -1.47. The molecule has 5 nitrogen and oxygen atoms in total. The molecule has 1 aromatic heterocycles. The Kier molecular flexibility index (Phi) is 4.49. The maximum atomic E-state index is 13.9. The van der Waals surface area contributed by atoms with Crippen molar-refractivity contribution in [3.8, 4) is 0 Å². The van der Waals surface area contributed by atoms with Gasteiger partial charge in [-0.05, 0) is 6.92 Å². The minimum Gasteiger partial charge on any atom is -0.394 e. The largest absolute Gasteiger partial charge is 0.394 e. The van der Waals surface area contributed by atoms with Crippen molar-refractivity contribution in [1.82, 2.24) is 4.98 Å². The van der Waals surface area contributed by atoms with Crippen molar-refractivity contribution in [2.75, 3.05) is 43.1 Å². The second-order valence-electron chi connectivity index (χ2n) is 4.26. The fourth-order valence-corrected chi connectivity index (χ4v) is 2.03. The van der Waals surface area contributed by atoms with E-state index in [1.165, 1.54) is 0 Å². The summed E-state index contributed by atoms with van der Waals surface area (Å²) < 4.78 is 32.6. The van der Waals surface area contributed by atoms with Crippen molar-refractivity contribution in [2.24, 2.45) is 0 Å². The Morgan fingerprint density at radius 1 is 1.53 bits per heavy atom. The summed E-state index contributed by atoms with van der Waals surface area (Å²) in [4.78, 5) is 5.59. The van der Waals surface area contributed by atoms with Crippen LogP contribution in [-0.4, -0.2) is 49.0 Å². The Bertz CT molecular complexity index is 445. The van der Waals surface area contributed by atoms with Crippen LogP contribution in [0.4, 0.5) is 20.4 Å². The van der Waals surface area contributed by atoms with Crippen molar-refractivity contribution in [1.29, 1.82) is 0 Å². The van der Waals surface area contributed by atoms with Gasteiger partial charge in [0.15, 0.2) is 23.3 Å². The summed E-state index contributed by atoms with van der Waals surface area (Å²) in [6.07, 6.45) is 0. The molecule has 7 heteroatoms. The first kappa shape index (κ1) is 14.0. The monoisotopic (exact) mass is 273 g/mol. The van der Waals surface area contributed by atoms with Gasteiger partial charge in [-0.1, -0.05) is 0 Å². The number of hydrogen-bond donors (Lipinski definition) is 2. The summed E-state index contributed by atoms with van der Waals surface area (Å²) in [7, 11) is 0. The third-order valence-corrected chi connectivity index (χ3v) is 2.97. The predicted molar refractivity (Wildman–Crippen MR) is 67.4 cm³/mol. The summed E-state index contributed by atoms with van der Waals surface area (Å²) in [6, 6.07) is 0.445. The SMILES string of the molecule is CCNc1nc(N2CCOCC2CO)c(F)cc1F. The molecule has 0 bridgehead atoms. The van der Waals surface area contributed by atoms with E-state index < -0.39 is 11.6 Å². The van der Waals surface area contributed by atoms with E-state index in [2.05, 4.69) is 10.3 Å². The van der Waals surface area contributed by atoms with Crippen molar-refractivity contribution >= 4 is 11.6 Å². The summed E-state index contributed by atoms with van der Waals surface area (Å²) in [5.74, 6) is -1.40. The Morgan fingerprint density at radius 2 is 2.32 bits per heavy atom. The van der Waals surface area contributed by atoms with Crippen LogP contribution in [0.15, 0.2) is 6.07 Å². The van der Waals surface area contributed by atoms with Crippen molar-refractivity contribution < 1.29 is 18.6 Å². The molecule has 1 fully saturated rings. The molecule has 0 saturated carbocycles. The quantitative estimate of drug-likeness (QED) is 0.856. The molecule has 0 radical (unpaired) electrons. The molecule has 0 aliphatic carbocycles. The van der Waals surface area contributed by atoms with Crippen molar-refractivity contribution in [3.63, 3.8) is 0 Å². The molecule has 1 saturated heterocycles. The van der Waals surface area contributed by atoms with Crippen LogP contribution in [0.1, 0.15) is 6.92 Å². The molecule has 0 amide bonds. The fraction of sp³-hybridized carbons (Fsp3) is 0.583. The number of halogens is 2. The molecule has 0 spiro atoms. The molecule has 1 aliphatic heterocycles. The van der Waals surface area contributed by atoms with E-state index in [1.54, 1.807) is 11.8 Å². The van der Waals surface area contributed by atoms with Gasteiger partial charge < -0.3 is 20.1 Å². The minimum absolute atomic E-state index is 0.0158. The van der Waals surface area contributed by atoms with Gasteiger partial charge in [0, 0.05) is 19.2 Å². The number of nitrogens with zero attached hydrogens (tertiary/aromatic N) is 2. The number of nitrogens with one attached hydrogen (secondary N) is 1. The highest BCUT2D eigenvalue weighted by molar-refractivity contribution is 5.50. The number of anilines is 2. The van der Waals surface area contributed by atoms with E-state index in [-0.39, 0.29) is 24.3 Å². The maximum Gasteiger partial charge on any atom is 0.168 e. The molecule has 1 aliphatic rings. The summed E-state index contributed by atoms with van der Waals surface area (Å²) in [5.41, 5.74) is 0. The zero-order valence-corrected chi connectivity index (χ0v) is 10.7. The molecule has 106 valence electrons. The Balaban J connectivity index is 2.34. The van der Waals surface area contributed by atoms with E-state index in [9.17, 15) is 13.9 Å². The van der Waals surface area contributed by atoms with Gasteiger partial charge >= 0.3 is 0 Å². The average Bonchev–Trinajstić information content (AvgIpc) is 2.42. The second-order valence-corrected chi connectivity index (χ2v) is 4.26. The number of hydrogen-bond acceptors (Lipinski definition) is 5. The summed E-state index contributed by atoms with van der Waals surface area (Å²) >= 11 is 0. The van der Waals surface area contributed by atoms with Crippen LogP contribution in [0.5, 0.6) is 0 Å². The minimum atomic E-state index is -0.737. The van der Waals surface area contributed by atoms with E-state index in [0.717, 1.165) is 6.07 Å². The van der Waals surface area contributed by atoms with Crippen LogP contribution >= 0.6 is 0 Å². The van der Waals surface area contributed by atoms with Crippen LogP contribution in [0.25, 0.3) is 0 Å². The van der Waals surface area contributed by atoms with Crippen LogP contribution in [0.2, 0.25) is 0 Å². The average molecular weight is 273 g/mol. The van der Waals surface area contributed by atoms with Gasteiger partial charge in [0.1, 0.15) is 0 Å². The molecule has 1 atom stereocenters. The van der Waals surface area contributed by atoms with Gasteiger partial charge in [-0.2, -0.15) is 0 Å². The normalized spacial score (nSPS) is 19.6. The van der Waals surface area contributed by atoms with E-state index in [4.69, 9.17) is 4.74 Å². The van der Waals surface area contributed by atoms with Gasteiger partial charge in [-0.3, -0.25) is 0 Å². The molecular weight excluding hydrogens is 256 g/mol. The van der Waals surface area contributed by atoms with Gasteiger partial charge in [-0.25, -0.2) is 13.8 Å². The fourth-order valence-electron chi connectivity index (χ4n) is 2.03. The highest BCUT2D eigenvalue weighted by Crippen LogP contribution is 2.25.